The van der Waals surface area contributed by atoms with Crippen molar-refractivity contribution in [2.24, 2.45) is 0 Å². The summed E-state index contributed by atoms with van der Waals surface area (Å²) < 4.78 is 0. The fourth-order valence-corrected chi connectivity index (χ4v) is 4.53. The van der Waals surface area contributed by atoms with E-state index in [2.05, 4.69) is 57.4 Å². The number of nitriles is 1. The molecule has 32 heavy (non-hydrogen) atoms. The van der Waals surface area contributed by atoms with E-state index in [9.17, 15) is 0 Å². The van der Waals surface area contributed by atoms with Gasteiger partial charge in [-0.05, 0) is 54.5 Å². The number of hydrogen-bond acceptors (Lipinski definition) is 7. The summed E-state index contributed by atoms with van der Waals surface area (Å²) in [4.78, 5) is 10.6. The minimum atomic E-state index is 0.394. The molecule has 1 aliphatic rings. The molecule has 0 amide bonds. The molecule has 0 bridgehead atoms. The highest BCUT2D eigenvalue weighted by molar-refractivity contribution is 7.13. The third kappa shape index (κ3) is 4.11. The fraction of sp³-hybridized carbons (Fsp3) is 0.167. The van der Waals surface area contributed by atoms with Crippen molar-refractivity contribution in [3.05, 3.63) is 63.5 Å². The second kappa shape index (κ2) is 8.65. The molecule has 0 atom stereocenters. The number of anilines is 4. The second-order valence-corrected chi connectivity index (χ2v) is 8.48. The summed E-state index contributed by atoms with van der Waals surface area (Å²) in [5, 5.41) is 27.0. The predicted molar refractivity (Wildman–Crippen MR) is 128 cm³/mol. The Morgan fingerprint density at radius 2 is 1.94 bits per heavy atom. The second-order valence-electron chi connectivity index (χ2n) is 7.56. The van der Waals surface area contributed by atoms with Crippen molar-refractivity contribution < 1.29 is 0 Å². The first-order valence-corrected chi connectivity index (χ1v) is 11.3. The molecule has 4 aromatic rings. The third-order valence-corrected chi connectivity index (χ3v) is 6.30. The quantitative estimate of drug-likeness (QED) is 0.417. The number of benzene rings is 1. The number of thiophene rings is 1. The highest BCUT2D eigenvalue weighted by Gasteiger charge is 2.12. The largest absolute Gasteiger partial charge is 0.324 e. The zero-order valence-electron chi connectivity index (χ0n) is 17.5. The molecule has 0 unspecified atom stereocenters. The van der Waals surface area contributed by atoms with Crippen LogP contribution in [0.1, 0.15) is 24.0 Å². The van der Waals surface area contributed by atoms with E-state index in [1.165, 1.54) is 10.4 Å². The summed E-state index contributed by atoms with van der Waals surface area (Å²) in [6, 6.07) is 14.0. The molecule has 158 valence electrons. The monoisotopic (exact) mass is 439 g/mol. The molecule has 0 saturated heterocycles. The first-order valence-electron chi connectivity index (χ1n) is 10.4. The highest BCUT2D eigenvalue weighted by atomic mass is 32.1. The number of aromatic amines is 1. The van der Waals surface area contributed by atoms with Gasteiger partial charge in [0, 0.05) is 17.0 Å². The summed E-state index contributed by atoms with van der Waals surface area (Å²) in [7, 11) is 0. The zero-order chi connectivity index (χ0) is 21.9. The predicted octanol–water partition coefficient (Wildman–Crippen LogP) is 4.14. The molecule has 3 aromatic heterocycles. The number of aryl methyl sites for hydroxylation is 1. The van der Waals surface area contributed by atoms with Crippen LogP contribution >= 0.6 is 11.3 Å². The van der Waals surface area contributed by atoms with Crippen LogP contribution in [0, 0.1) is 18.3 Å². The number of H-pyrrole nitrogens is 1. The Morgan fingerprint density at radius 3 is 2.72 bits per heavy atom. The first-order chi connectivity index (χ1) is 15.7. The average Bonchev–Trinajstić information content (AvgIpc) is 3.44. The van der Waals surface area contributed by atoms with Gasteiger partial charge < -0.3 is 10.6 Å². The van der Waals surface area contributed by atoms with Crippen molar-refractivity contribution >= 4 is 46.8 Å². The average molecular weight is 440 g/mol. The van der Waals surface area contributed by atoms with Crippen molar-refractivity contribution in [3.8, 4) is 16.6 Å². The van der Waals surface area contributed by atoms with Gasteiger partial charge in [0.2, 0.25) is 5.95 Å². The Labute approximate surface area is 189 Å². The molecule has 5 rings (SSSR count). The molecule has 1 aliphatic carbocycles. The Bertz CT molecular complexity index is 1420. The third-order valence-electron chi connectivity index (χ3n) is 5.25. The molecule has 0 radical (unpaired) electrons. The molecular formula is C24H21N7S. The van der Waals surface area contributed by atoms with Crippen molar-refractivity contribution in [2.75, 3.05) is 10.6 Å². The van der Waals surface area contributed by atoms with Crippen molar-refractivity contribution in [1.29, 1.82) is 5.26 Å². The van der Waals surface area contributed by atoms with Crippen LogP contribution < -0.4 is 21.2 Å². The molecule has 3 N–H and O–H groups in total. The van der Waals surface area contributed by atoms with Crippen LogP contribution in [0.2, 0.25) is 0 Å². The van der Waals surface area contributed by atoms with Gasteiger partial charge in [0.1, 0.15) is 5.82 Å². The maximum Gasteiger partial charge on any atom is 0.229 e. The zero-order valence-corrected chi connectivity index (χ0v) is 18.3. The SMILES string of the molecule is Cc1ccsc1-c1cc(Nc2nc(Nc3ccc(CC#N)cc3)nc3c2=CCCC=3)n[nH]1. The van der Waals surface area contributed by atoms with Crippen LogP contribution in [-0.4, -0.2) is 20.2 Å². The lowest BCUT2D eigenvalue weighted by atomic mass is 10.1. The number of nitrogens with zero attached hydrogens (tertiary/aromatic N) is 4. The van der Waals surface area contributed by atoms with Crippen LogP contribution in [0.15, 0.2) is 41.8 Å². The summed E-state index contributed by atoms with van der Waals surface area (Å²) >= 11 is 1.69. The first kappa shape index (κ1) is 20.0. The summed E-state index contributed by atoms with van der Waals surface area (Å²) in [6.45, 7) is 2.09. The summed E-state index contributed by atoms with van der Waals surface area (Å²) in [5.41, 5.74) is 4.05. The van der Waals surface area contributed by atoms with E-state index in [1.807, 2.05) is 30.3 Å². The van der Waals surface area contributed by atoms with Gasteiger partial charge in [-0.15, -0.1) is 11.3 Å². The standard InChI is InChI=1S/C24H21N7S/c1-15-11-13-32-22(15)20-14-21(31-30-20)28-23-18-4-2-3-5-19(18)27-24(29-23)26-17-8-6-16(7-9-17)10-12-25/h4-9,11,13-14H,2-3,10H2,1H3,(H3,26,27,28,29,30,31). The number of hydrogen-bond donors (Lipinski definition) is 3. The van der Waals surface area contributed by atoms with Gasteiger partial charge in [-0.25, -0.2) is 4.98 Å². The van der Waals surface area contributed by atoms with Gasteiger partial charge in [-0.3, -0.25) is 5.10 Å². The van der Waals surface area contributed by atoms with Gasteiger partial charge in [-0.1, -0.05) is 24.3 Å². The number of rotatable bonds is 6. The van der Waals surface area contributed by atoms with Gasteiger partial charge in [0.25, 0.3) is 0 Å². The highest BCUT2D eigenvalue weighted by Crippen LogP contribution is 2.29. The minimum Gasteiger partial charge on any atom is -0.324 e. The van der Waals surface area contributed by atoms with E-state index >= 15 is 0 Å². The van der Waals surface area contributed by atoms with Crippen LogP contribution in [0.3, 0.4) is 0 Å². The fourth-order valence-electron chi connectivity index (χ4n) is 3.64. The van der Waals surface area contributed by atoms with E-state index in [0.717, 1.165) is 46.2 Å². The molecular weight excluding hydrogens is 418 g/mol. The maximum absolute atomic E-state index is 8.85. The maximum atomic E-state index is 8.85. The van der Waals surface area contributed by atoms with Crippen LogP contribution in [0.5, 0.6) is 0 Å². The lowest BCUT2D eigenvalue weighted by Crippen LogP contribution is -2.34. The normalized spacial score (nSPS) is 12.2. The number of aromatic nitrogens is 4. The van der Waals surface area contributed by atoms with Gasteiger partial charge >= 0.3 is 0 Å². The van der Waals surface area contributed by atoms with E-state index < -0.39 is 0 Å². The molecule has 0 saturated carbocycles. The van der Waals surface area contributed by atoms with Crippen LogP contribution in [0.4, 0.5) is 23.3 Å². The Morgan fingerprint density at radius 1 is 1.09 bits per heavy atom. The topological polar surface area (TPSA) is 102 Å². The Hall–Kier alpha value is -3.96. The Kier molecular flexibility index (Phi) is 5.40. The van der Waals surface area contributed by atoms with Crippen molar-refractivity contribution in [1.82, 2.24) is 20.2 Å². The number of fused-ring (bicyclic) bond motifs is 1. The molecule has 0 fully saturated rings. The molecule has 1 aromatic carbocycles. The van der Waals surface area contributed by atoms with Crippen molar-refractivity contribution in [2.45, 2.75) is 26.2 Å². The molecule has 8 heteroatoms. The summed E-state index contributed by atoms with van der Waals surface area (Å²) in [6.07, 6.45) is 6.60. The van der Waals surface area contributed by atoms with Gasteiger partial charge in [-0.2, -0.15) is 15.3 Å². The van der Waals surface area contributed by atoms with Crippen LogP contribution in [-0.2, 0) is 6.42 Å². The summed E-state index contributed by atoms with van der Waals surface area (Å²) in [5.74, 6) is 1.94. The molecule has 0 aliphatic heterocycles. The van der Waals surface area contributed by atoms with Crippen molar-refractivity contribution in [3.63, 3.8) is 0 Å². The molecule has 3 heterocycles. The molecule has 7 nitrogen and oxygen atoms in total. The number of nitrogens with one attached hydrogen (secondary N) is 3. The van der Waals surface area contributed by atoms with E-state index in [1.54, 1.807) is 11.3 Å². The Balaban J connectivity index is 1.45. The molecule has 0 spiro atoms. The van der Waals surface area contributed by atoms with Gasteiger partial charge in [0.15, 0.2) is 5.82 Å². The van der Waals surface area contributed by atoms with E-state index in [-0.39, 0.29) is 0 Å². The van der Waals surface area contributed by atoms with Gasteiger partial charge in [0.05, 0.1) is 28.4 Å². The smallest absolute Gasteiger partial charge is 0.229 e. The lowest BCUT2D eigenvalue weighted by molar-refractivity contribution is 1.03. The van der Waals surface area contributed by atoms with E-state index in [4.69, 9.17) is 15.2 Å². The van der Waals surface area contributed by atoms with E-state index in [0.29, 0.717) is 18.2 Å². The minimum absolute atomic E-state index is 0.394. The van der Waals surface area contributed by atoms with Crippen LogP contribution in [0.25, 0.3) is 22.7 Å². The lowest BCUT2D eigenvalue weighted by Gasteiger charge is -2.11.